The number of halogens is 2. The molecule has 2 amide bonds. The fourth-order valence-corrected chi connectivity index (χ4v) is 3.22. The van der Waals surface area contributed by atoms with Crippen molar-refractivity contribution < 1.29 is 18.8 Å². The molecule has 0 unspecified atom stereocenters. The summed E-state index contributed by atoms with van der Waals surface area (Å²) in [7, 11) is 0. The Labute approximate surface area is 181 Å². The Morgan fingerprint density at radius 2 is 2.00 bits per heavy atom. The standard InChI is InChI=1S/C23H15ClFN3O3/c24-18-5-3-13(9-19(18)25)8-17-21(29)16-10-15(4-6-20(16)28-23(17)31)22(30)27-12-14-2-1-7-26-11-14/h1-11H,12H2,(H,27,30)(H,28,31)/b17-8+. The normalized spacial score (nSPS) is 14.2. The van der Waals surface area contributed by atoms with Gasteiger partial charge in [-0.3, -0.25) is 19.4 Å². The maximum absolute atomic E-state index is 13.7. The lowest BCUT2D eigenvalue weighted by Gasteiger charge is -2.19. The van der Waals surface area contributed by atoms with Gasteiger partial charge in [0.05, 0.1) is 16.3 Å². The molecule has 1 aliphatic rings. The van der Waals surface area contributed by atoms with E-state index in [-0.39, 0.29) is 34.2 Å². The van der Waals surface area contributed by atoms with E-state index in [1.54, 1.807) is 18.5 Å². The van der Waals surface area contributed by atoms with Gasteiger partial charge in [-0.25, -0.2) is 4.39 Å². The summed E-state index contributed by atoms with van der Waals surface area (Å²) >= 11 is 5.68. The van der Waals surface area contributed by atoms with Crippen LogP contribution in [-0.2, 0) is 11.3 Å². The molecule has 0 bridgehead atoms. The number of pyridine rings is 1. The number of amides is 2. The molecule has 2 N–H and O–H groups in total. The summed E-state index contributed by atoms with van der Waals surface area (Å²) in [6.45, 7) is 0.279. The van der Waals surface area contributed by atoms with Crippen LogP contribution in [0.2, 0.25) is 5.02 Å². The van der Waals surface area contributed by atoms with Crippen molar-refractivity contribution in [3.63, 3.8) is 0 Å². The molecular weight excluding hydrogens is 421 g/mol. The Morgan fingerprint density at radius 1 is 1.16 bits per heavy atom. The number of anilines is 1. The number of aromatic nitrogens is 1. The molecule has 4 rings (SSSR count). The summed E-state index contributed by atoms with van der Waals surface area (Å²) in [6.07, 6.45) is 4.57. The minimum absolute atomic E-state index is 0.0612. The summed E-state index contributed by atoms with van der Waals surface area (Å²) in [5, 5.41) is 5.32. The summed E-state index contributed by atoms with van der Waals surface area (Å²) in [5.74, 6) is -2.20. The quantitative estimate of drug-likeness (QED) is 0.478. The van der Waals surface area contributed by atoms with Crippen molar-refractivity contribution in [1.29, 1.82) is 0 Å². The maximum atomic E-state index is 13.7. The van der Waals surface area contributed by atoms with Gasteiger partial charge in [0.25, 0.3) is 11.8 Å². The number of ketones is 1. The highest BCUT2D eigenvalue weighted by Crippen LogP contribution is 2.28. The first-order valence-electron chi connectivity index (χ1n) is 9.26. The summed E-state index contributed by atoms with van der Waals surface area (Å²) in [5.41, 5.74) is 1.73. The topological polar surface area (TPSA) is 88.2 Å². The van der Waals surface area contributed by atoms with Gasteiger partial charge in [-0.15, -0.1) is 0 Å². The lowest BCUT2D eigenvalue weighted by Crippen LogP contribution is -2.28. The molecule has 0 saturated heterocycles. The molecule has 2 heterocycles. The molecule has 8 heteroatoms. The van der Waals surface area contributed by atoms with Crippen molar-refractivity contribution in [2.75, 3.05) is 5.32 Å². The van der Waals surface area contributed by atoms with Crippen LogP contribution in [-0.4, -0.2) is 22.6 Å². The van der Waals surface area contributed by atoms with Crippen LogP contribution >= 0.6 is 11.6 Å². The second-order valence-electron chi connectivity index (χ2n) is 6.82. The Bertz CT molecular complexity index is 1240. The number of hydrogen-bond donors (Lipinski definition) is 2. The molecule has 6 nitrogen and oxygen atoms in total. The van der Waals surface area contributed by atoms with Crippen LogP contribution in [0.5, 0.6) is 0 Å². The van der Waals surface area contributed by atoms with Gasteiger partial charge >= 0.3 is 0 Å². The van der Waals surface area contributed by atoms with Gasteiger partial charge in [0.2, 0.25) is 5.78 Å². The SMILES string of the molecule is O=C1Nc2ccc(C(=O)NCc3cccnc3)cc2C(=O)/C1=C\c1ccc(Cl)c(F)c1. The molecule has 31 heavy (non-hydrogen) atoms. The smallest absolute Gasteiger partial charge is 0.259 e. The molecule has 3 aromatic rings. The number of fused-ring (bicyclic) bond motifs is 1. The number of nitrogens with zero attached hydrogens (tertiary/aromatic N) is 1. The third-order valence-corrected chi connectivity index (χ3v) is 5.00. The van der Waals surface area contributed by atoms with Crippen molar-refractivity contribution in [2.24, 2.45) is 0 Å². The minimum Gasteiger partial charge on any atom is -0.348 e. The second-order valence-corrected chi connectivity index (χ2v) is 7.23. The molecule has 0 fully saturated rings. The Morgan fingerprint density at radius 3 is 2.74 bits per heavy atom. The predicted molar refractivity (Wildman–Crippen MR) is 114 cm³/mol. The molecule has 1 aliphatic heterocycles. The van der Waals surface area contributed by atoms with E-state index >= 15 is 0 Å². The van der Waals surface area contributed by atoms with E-state index in [1.807, 2.05) is 6.07 Å². The average molecular weight is 436 g/mol. The molecule has 0 aliphatic carbocycles. The molecular formula is C23H15ClFN3O3. The van der Waals surface area contributed by atoms with Gasteiger partial charge in [0.1, 0.15) is 5.82 Å². The molecule has 1 aromatic heterocycles. The largest absolute Gasteiger partial charge is 0.348 e. The van der Waals surface area contributed by atoms with E-state index in [0.29, 0.717) is 11.3 Å². The number of nitrogens with one attached hydrogen (secondary N) is 2. The van der Waals surface area contributed by atoms with E-state index in [2.05, 4.69) is 15.6 Å². The highest BCUT2D eigenvalue weighted by atomic mass is 35.5. The van der Waals surface area contributed by atoms with Gasteiger partial charge in [-0.05, 0) is 53.6 Å². The van der Waals surface area contributed by atoms with Crippen LogP contribution in [0.15, 0.2) is 66.5 Å². The Hall–Kier alpha value is -3.84. The van der Waals surface area contributed by atoms with Gasteiger partial charge in [0, 0.05) is 30.1 Å². The molecule has 2 aromatic carbocycles. The van der Waals surface area contributed by atoms with E-state index in [4.69, 9.17) is 11.6 Å². The lowest BCUT2D eigenvalue weighted by atomic mass is 9.93. The summed E-state index contributed by atoms with van der Waals surface area (Å²) < 4.78 is 13.7. The predicted octanol–water partition coefficient (Wildman–Crippen LogP) is 4.02. The zero-order valence-electron chi connectivity index (χ0n) is 16.0. The zero-order chi connectivity index (χ0) is 22.0. The number of carbonyl (C=O) groups is 3. The van der Waals surface area contributed by atoms with Crippen LogP contribution in [0.1, 0.15) is 31.8 Å². The van der Waals surface area contributed by atoms with E-state index in [9.17, 15) is 18.8 Å². The second kappa shape index (κ2) is 8.49. The number of carbonyl (C=O) groups excluding carboxylic acids is 3. The first kappa shape index (κ1) is 20.4. The van der Waals surface area contributed by atoms with Crippen LogP contribution in [0.4, 0.5) is 10.1 Å². The Balaban J connectivity index is 1.59. The summed E-state index contributed by atoms with van der Waals surface area (Å²) in [6, 6.07) is 12.0. The van der Waals surface area contributed by atoms with Gasteiger partial charge in [0.15, 0.2) is 0 Å². The van der Waals surface area contributed by atoms with Crippen molar-refractivity contribution in [3.05, 3.63) is 99.6 Å². The zero-order valence-corrected chi connectivity index (χ0v) is 16.7. The van der Waals surface area contributed by atoms with Crippen molar-refractivity contribution >= 4 is 41.0 Å². The van der Waals surface area contributed by atoms with Crippen molar-refractivity contribution in [1.82, 2.24) is 10.3 Å². The van der Waals surface area contributed by atoms with Crippen LogP contribution in [0.3, 0.4) is 0 Å². The van der Waals surface area contributed by atoms with E-state index < -0.39 is 17.5 Å². The van der Waals surface area contributed by atoms with Crippen LogP contribution < -0.4 is 10.6 Å². The van der Waals surface area contributed by atoms with E-state index in [1.165, 1.54) is 36.4 Å². The van der Waals surface area contributed by atoms with Crippen LogP contribution in [0, 0.1) is 5.82 Å². The summed E-state index contributed by atoms with van der Waals surface area (Å²) in [4.78, 5) is 41.9. The average Bonchev–Trinajstić information content (AvgIpc) is 2.78. The molecule has 0 atom stereocenters. The Kier molecular flexibility index (Phi) is 5.60. The highest BCUT2D eigenvalue weighted by Gasteiger charge is 2.29. The van der Waals surface area contributed by atoms with Gasteiger partial charge in [-0.1, -0.05) is 23.7 Å². The number of rotatable bonds is 4. The van der Waals surface area contributed by atoms with Crippen molar-refractivity contribution in [3.8, 4) is 0 Å². The number of benzene rings is 2. The molecule has 0 radical (unpaired) electrons. The van der Waals surface area contributed by atoms with E-state index in [0.717, 1.165) is 11.6 Å². The highest BCUT2D eigenvalue weighted by molar-refractivity contribution is 6.36. The molecule has 154 valence electrons. The monoisotopic (exact) mass is 435 g/mol. The first-order valence-corrected chi connectivity index (χ1v) is 9.64. The fourth-order valence-electron chi connectivity index (χ4n) is 3.11. The van der Waals surface area contributed by atoms with Crippen molar-refractivity contribution in [2.45, 2.75) is 6.54 Å². The van der Waals surface area contributed by atoms with Gasteiger partial charge in [-0.2, -0.15) is 0 Å². The third-order valence-electron chi connectivity index (χ3n) is 4.69. The van der Waals surface area contributed by atoms with Gasteiger partial charge < -0.3 is 10.6 Å². The molecule has 0 saturated carbocycles. The minimum atomic E-state index is -0.660. The van der Waals surface area contributed by atoms with Crippen LogP contribution in [0.25, 0.3) is 6.08 Å². The third kappa shape index (κ3) is 4.36. The fraction of sp³-hybridized carbons (Fsp3) is 0.0435. The number of Topliss-reactive ketones (excluding diaryl/α,β-unsaturated/α-hetero) is 1. The maximum Gasteiger partial charge on any atom is 0.259 e. The lowest BCUT2D eigenvalue weighted by molar-refractivity contribution is -0.112. The first-order chi connectivity index (χ1) is 14.9. The molecule has 0 spiro atoms. The number of hydrogen-bond acceptors (Lipinski definition) is 4.